The van der Waals surface area contributed by atoms with Crippen LogP contribution in [0.25, 0.3) is 10.6 Å². The number of hydrogen-bond acceptors (Lipinski definition) is 4. The van der Waals surface area contributed by atoms with Crippen molar-refractivity contribution in [2.75, 3.05) is 0 Å². The number of thiazole rings is 1. The molecule has 0 amide bonds. The highest BCUT2D eigenvalue weighted by Gasteiger charge is 2.15. The van der Waals surface area contributed by atoms with Crippen LogP contribution in [0.15, 0.2) is 18.5 Å². The predicted molar refractivity (Wildman–Crippen MR) is 72.1 cm³/mol. The van der Waals surface area contributed by atoms with E-state index >= 15 is 0 Å². The standard InChI is InChI=1S/C13H17N3S/c1-8(2)12-11(6-14)17-13(16-12)10-7-15-5-4-9(10)3/h4-5,7-8H,6,14H2,1-3H3. The molecule has 2 aromatic heterocycles. The molecule has 0 aromatic carbocycles. The third kappa shape index (κ3) is 2.37. The average Bonchev–Trinajstić information content (AvgIpc) is 2.73. The van der Waals surface area contributed by atoms with Gasteiger partial charge in [0.1, 0.15) is 5.01 Å². The number of nitrogens with zero attached hydrogens (tertiary/aromatic N) is 2. The molecule has 0 fully saturated rings. The third-order valence-electron chi connectivity index (χ3n) is 2.73. The highest BCUT2D eigenvalue weighted by molar-refractivity contribution is 7.15. The van der Waals surface area contributed by atoms with E-state index in [2.05, 4.69) is 25.8 Å². The Hall–Kier alpha value is -1.26. The lowest BCUT2D eigenvalue weighted by molar-refractivity contribution is 0.814. The van der Waals surface area contributed by atoms with Crippen LogP contribution >= 0.6 is 11.3 Å². The lowest BCUT2D eigenvalue weighted by Crippen LogP contribution is -1.99. The van der Waals surface area contributed by atoms with Crippen LogP contribution in [0.1, 0.15) is 35.9 Å². The minimum absolute atomic E-state index is 0.413. The van der Waals surface area contributed by atoms with Crippen LogP contribution in [0.4, 0.5) is 0 Å². The van der Waals surface area contributed by atoms with Crippen molar-refractivity contribution in [1.82, 2.24) is 9.97 Å². The predicted octanol–water partition coefficient (Wildman–Crippen LogP) is 3.10. The Kier molecular flexibility index (Phi) is 3.54. The Morgan fingerprint density at radius 3 is 2.71 bits per heavy atom. The zero-order chi connectivity index (χ0) is 12.4. The maximum Gasteiger partial charge on any atom is 0.125 e. The van der Waals surface area contributed by atoms with Gasteiger partial charge in [0.15, 0.2) is 0 Å². The first kappa shape index (κ1) is 12.2. The second kappa shape index (κ2) is 4.94. The fourth-order valence-corrected chi connectivity index (χ4v) is 2.93. The summed E-state index contributed by atoms with van der Waals surface area (Å²) >= 11 is 1.68. The van der Waals surface area contributed by atoms with Crippen molar-refractivity contribution in [2.24, 2.45) is 5.73 Å². The van der Waals surface area contributed by atoms with E-state index in [0.717, 1.165) is 16.3 Å². The molecular weight excluding hydrogens is 230 g/mol. The summed E-state index contributed by atoms with van der Waals surface area (Å²) in [6.07, 6.45) is 3.68. The largest absolute Gasteiger partial charge is 0.326 e. The molecule has 17 heavy (non-hydrogen) atoms. The lowest BCUT2D eigenvalue weighted by atomic mass is 10.1. The summed E-state index contributed by atoms with van der Waals surface area (Å²) in [4.78, 5) is 10.1. The van der Waals surface area contributed by atoms with Crippen LogP contribution in [0, 0.1) is 6.92 Å². The third-order valence-corrected chi connectivity index (χ3v) is 3.86. The summed E-state index contributed by atoms with van der Waals surface area (Å²) < 4.78 is 0. The molecule has 0 radical (unpaired) electrons. The number of pyridine rings is 1. The van der Waals surface area contributed by atoms with Gasteiger partial charge in [-0.25, -0.2) is 4.98 Å². The normalized spacial score (nSPS) is 11.1. The molecule has 0 atom stereocenters. The van der Waals surface area contributed by atoms with Crippen molar-refractivity contribution in [3.05, 3.63) is 34.6 Å². The van der Waals surface area contributed by atoms with Crippen LogP contribution in [0.3, 0.4) is 0 Å². The molecule has 0 unspecified atom stereocenters. The molecule has 3 nitrogen and oxygen atoms in total. The van der Waals surface area contributed by atoms with Gasteiger partial charge in [0.05, 0.1) is 5.69 Å². The van der Waals surface area contributed by atoms with Gasteiger partial charge < -0.3 is 5.73 Å². The average molecular weight is 247 g/mol. The molecule has 0 saturated heterocycles. The van der Waals surface area contributed by atoms with Gasteiger partial charge in [-0.2, -0.15) is 0 Å². The fraction of sp³-hybridized carbons (Fsp3) is 0.385. The highest BCUT2D eigenvalue weighted by atomic mass is 32.1. The Bertz CT molecular complexity index is 517. The molecule has 2 aromatic rings. The van der Waals surface area contributed by atoms with Gasteiger partial charge in [0, 0.05) is 29.4 Å². The molecule has 0 saturated carbocycles. The molecule has 0 aliphatic carbocycles. The Balaban J connectivity index is 2.51. The van der Waals surface area contributed by atoms with Crippen LogP contribution in [0.2, 0.25) is 0 Å². The summed E-state index contributed by atoms with van der Waals surface area (Å²) in [5.74, 6) is 0.413. The van der Waals surface area contributed by atoms with Gasteiger partial charge in [-0.3, -0.25) is 4.98 Å². The molecular formula is C13H17N3S. The van der Waals surface area contributed by atoms with Gasteiger partial charge >= 0.3 is 0 Å². The highest BCUT2D eigenvalue weighted by Crippen LogP contribution is 2.32. The first-order chi connectivity index (χ1) is 8.13. The minimum Gasteiger partial charge on any atom is -0.326 e. The zero-order valence-electron chi connectivity index (χ0n) is 10.4. The number of hydrogen-bond donors (Lipinski definition) is 1. The van der Waals surface area contributed by atoms with Crippen molar-refractivity contribution >= 4 is 11.3 Å². The maximum absolute atomic E-state index is 5.77. The monoisotopic (exact) mass is 247 g/mol. The quantitative estimate of drug-likeness (QED) is 0.906. The minimum atomic E-state index is 0.413. The van der Waals surface area contributed by atoms with E-state index in [4.69, 9.17) is 10.7 Å². The summed E-state index contributed by atoms with van der Waals surface area (Å²) in [7, 11) is 0. The van der Waals surface area contributed by atoms with E-state index < -0.39 is 0 Å². The van der Waals surface area contributed by atoms with E-state index in [1.54, 1.807) is 17.5 Å². The molecule has 0 spiro atoms. The smallest absolute Gasteiger partial charge is 0.125 e. The van der Waals surface area contributed by atoms with Gasteiger partial charge in [0.2, 0.25) is 0 Å². The van der Waals surface area contributed by atoms with E-state index in [0.29, 0.717) is 12.5 Å². The molecule has 2 N–H and O–H groups in total. The number of aromatic nitrogens is 2. The van der Waals surface area contributed by atoms with Crippen molar-refractivity contribution in [3.63, 3.8) is 0 Å². The maximum atomic E-state index is 5.77. The SMILES string of the molecule is Cc1ccncc1-c1nc(C(C)C)c(CN)s1. The molecule has 90 valence electrons. The van der Waals surface area contributed by atoms with Crippen LogP contribution in [-0.2, 0) is 6.54 Å². The van der Waals surface area contributed by atoms with E-state index in [-0.39, 0.29) is 0 Å². The van der Waals surface area contributed by atoms with E-state index in [9.17, 15) is 0 Å². The molecule has 0 aliphatic heterocycles. The second-order valence-corrected chi connectivity index (χ2v) is 5.46. The zero-order valence-corrected chi connectivity index (χ0v) is 11.2. The Labute approximate surface area is 106 Å². The van der Waals surface area contributed by atoms with Gasteiger partial charge in [-0.15, -0.1) is 11.3 Å². The van der Waals surface area contributed by atoms with Gasteiger partial charge in [-0.05, 0) is 24.5 Å². The van der Waals surface area contributed by atoms with Crippen LogP contribution in [-0.4, -0.2) is 9.97 Å². The van der Waals surface area contributed by atoms with Gasteiger partial charge in [-0.1, -0.05) is 13.8 Å². The van der Waals surface area contributed by atoms with Crippen molar-refractivity contribution in [3.8, 4) is 10.6 Å². The molecule has 0 aliphatic rings. The topological polar surface area (TPSA) is 51.8 Å². The summed E-state index contributed by atoms with van der Waals surface area (Å²) in [6.45, 7) is 6.93. The summed E-state index contributed by atoms with van der Waals surface area (Å²) in [6, 6.07) is 2.01. The summed E-state index contributed by atoms with van der Waals surface area (Å²) in [5, 5.41) is 1.03. The molecule has 2 heterocycles. The Morgan fingerprint density at radius 1 is 1.41 bits per heavy atom. The van der Waals surface area contributed by atoms with Crippen molar-refractivity contribution in [1.29, 1.82) is 0 Å². The number of aryl methyl sites for hydroxylation is 1. The first-order valence-corrected chi connectivity index (χ1v) is 6.55. The Morgan fingerprint density at radius 2 is 2.18 bits per heavy atom. The first-order valence-electron chi connectivity index (χ1n) is 5.74. The number of nitrogens with two attached hydrogens (primary N) is 1. The van der Waals surface area contributed by atoms with E-state index in [1.807, 2.05) is 12.3 Å². The molecule has 2 rings (SSSR count). The molecule has 0 bridgehead atoms. The van der Waals surface area contributed by atoms with Crippen molar-refractivity contribution in [2.45, 2.75) is 33.2 Å². The van der Waals surface area contributed by atoms with Crippen LogP contribution < -0.4 is 5.73 Å². The van der Waals surface area contributed by atoms with Crippen LogP contribution in [0.5, 0.6) is 0 Å². The number of rotatable bonds is 3. The van der Waals surface area contributed by atoms with Crippen molar-refractivity contribution < 1.29 is 0 Å². The lowest BCUT2D eigenvalue weighted by Gasteiger charge is -2.02. The van der Waals surface area contributed by atoms with Gasteiger partial charge in [0.25, 0.3) is 0 Å². The fourth-order valence-electron chi connectivity index (χ4n) is 1.76. The second-order valence-electron chi connectivity index (χ2n) is 4.38. The molecule has 4 heteroatoms. The summed E-state index contributed by atoms with van der Waals surface area (Å²) in [5.41, 5.74) is 9.21. The van der Waals surface area contributed by atoms with E-state index in [1.165, 1.54) is 10.4 Å².